The van der Waals surface area contributed by atoms with E-state index < -0.39 is 0 Å². The quantitative estimate of drug-likeness (QED) is 0.836. The van der Waals surface area contributed by atoms with Crippen LogP contribution in [0.1, 0.15) is 33.1 Å². The Morgan fingerprint density at radius 3 is 2.86 bits per heavy atom. The third-order valence-electron chi connectivity index (χ3n) is 4.25. The van der Waals surface area contributed by atoms with Gasteiger partial charge < -0.3 is 15.8 Å². The lowest BCUT2D eigenvalue weighted by atomic mass is 10.0. The molecule has 0 spiro atoms. The van der Waals surface area contributed by atoms with Crippen LogP contribution in [0.25, 0.3) is 0 Å². The van der Waals surface area contributed by atoms with E-state index in [1.807, 2.05) is 6.92 Å². The Morgan fingerprint density at radius 1 is 1.48 bits per heavy atom. The maximum absolute atomic E-state index is 12.4. The van der Waals surface area contributed by atoms with Gasteiger partial charge >= 0.3 is 0 Å². The summed E-state index contributed by atoms with van der Waals surface area (Å²) in [5, 5.41) is 2.92. The number of hydrogen-bond donors (Lipinski definition) is 2. The maximum atomic E-state index is 12.4. The van der Waals surface area contributed by atoms with E-state index in [0.29, 0.717) is 23.2 Å². The standard InChI is InChI=1S/C16H25N3O2/c1-11-6-4-5-9-19(11)12(2)16(20)18-15-8-7-13(21-3)10-14(15)17/h7-8,10-12H,4-6,9,17H2,1-3H3,(H,18,20). The summed E-state index contributed by atoms with van der Waals surface area (Å²) in [4.78, 5) is 14.7. The fraction of sp³-hybridized carbons (Fsp3) is 0.562. The molecule has 3 N–H and O–H groups in total. The summed E-state index contributed by atoms with van der Waals surface area (Å²) in [5.74, 6) is 0.670. The van der Waals surface area contributed by atoms with E-state index in [-0.39, 0.29) is 11.9 Å². The molecule has 2 rings (SSSR count). The summed E-state index contributed by atoms with van der Waals surface area (Å²) in [5.41, 5.74) is 7.09. The minimum atomic E-state index is -0.151. The normalized spacial score (nSPS) is 20.8. The van der Waals surface area contributed by atoms with Gasteiger partial charge in [0.15, 0.2) is 0 Å². The van der Waals surface area contributed by atoms with Crippen molar-refractivity contribution in [3.05, 3.63) is 18.2 Å². The summed E-state index contributed by atoms with van der Waals surface area (Å²) < 4.78 is 5.11. The summed E-state index contributed by atoms with van der Waals surface area (Å²) in [6.45, 7) is 5.12. The molecule has 1 fully saturated rings. The van der Waals surface area contributed by atoms with Crippen LogP contribution in [0.15, 0.2) is 18.2 Å². The second-order valence-corrected chi connectivity index (χ2v) is 5.70. The second kappa shape index (κ2) is 6.80. The number of nitrogens with zero attached hydrogens (tertiary/aromatic N) is 1. The van der Waals surface area contributed by atoms with Crippen molar-refractivity contribution in [3.63, 3.8) is 0 Å². The number of nitrogens with one attached hydrogen (secondary N) is 1. The Balaban J connectivity index is 2.03. The molecule has 1 aromatic rings. The van der Waals surface area contributed by atoms with E-state index in [2.05, 4.69) is 17.1 Å². The number of methoxy groups -OCH3 is 1. The number of hydrogen-bond acceptors (Lipinski definition) is 4. The van der Waals surface area contributed by atoms with Gasteiger partial charge in [0, 0.05) is 12.1 Å². The van der Waals surface area contributed by atoms with Crippen molar-refractivity contribution in [2.24, 2.45) is 0 Å². The Labute approximate surface area is 126 Å². The lowest BCUT2D eigenvalue weighted by Gasteiger charge is -2.37. The van der Waals surface area contributed by atoms with Crippen LogP contribution in [0, 0.1) is 0 Å². The van der Waals surface area contributed by atoms with Crippen LogP contribution in [0.5, 0.6) is 5.75 Å². The third kappa shape index (κ3) is 3.67. The zero-order valence-electron chi connectivity index (χ0n) is 13.1. The Kier molecular flexibility index (Phi) is 5.07. The van der Waals surface area contributed by atoms with E-state index >= 15 is 0 Å². The van der Waals surface area contributed by atoms with Gasteiger partial charge in [-0.1, -0.05) is 6.42 Å². The highest BCUT2D eigenvalue weighted by molar-refractivity contribution is 5.97. The number of piperidine rings is 1. The predicted molar refractivity (Wildman–Crippen MR) is 85.5 cm³/mol. The minimum absolute atomic E-state index is 0.0133. The van der Waals surface area contributed by atoms with Crippen molar-refractivity contribution >= 4 is 17.3 Å². The zero-order chi connectivity index (χ0) is 15.4. The molecule has 0 radical (unpaired) electrons. The van der Waals surface area contributed by atoms with Crippen LogP contribution in [-0.4, -0.2) is 36.5 Å². The molecule has 0 bridgehead atoms. The number of amides is 1. The maximum Gasteiger partial charge on any atom is 0.241 e. The molecule has 1 amide bonds. The number of nitrogen functional groups attached to an aromatic ring is 1. The zero-order valence-corrected chi connectivity index (χ0v) is 13.1. The second-order valence-electron chi connectivity index (χ2n) is 5.70. The molecule has 0 aliphatic carbocycles. The van der Waals surface area contributed by atoms with Crippen molar-refractivity contribution < 1.29 is 9.53 Å². The van der Waals surface area contributed by atoms with Gasteiger partial charge in [-0.25, -0.2) is 0 Å². The molecular formula is C16H25N3O2. The van der Waals surface area contributed by atoms with E-state index in [0.717, 1.165) is 19.4 Å². The molecule has 0 aromatic heterocycles. The minimum Gasteiger partial charge on any atom is -0.497 e. The molecule has 1 aliphatic rings. The highest BCUT2D eigenvalue weighted by Crippen LogP contribution is 2.25. The molecular weight excluding hydrogens is 266 g/mol. The van der Waals surface area contributed by atoms with E-state index in [1.54, 1.807) is 25.3 Å². The summed E-state index contributed by atoms with van der Waals surface area (Å²) in [6, 6.07) is 5.58. The molecule has 2 unspecified atom stereocenters. The van der Waals surface area contributed by atoms with Crippen molar-refractivity contribution in [2.45, 2.75) is 45.2 Å². The lowest BCUT2D eigenvalue weighted by Crippen LogP contribution is -2.48. The van der Waals surface area contributed by atoms with Crippen LogP contribution in [0.4, 0.5) is 11.4 Å². The third-order valence-corrected chi connectivity index (χ3v) is 4.25. The van der Waals surface area contributed by atoms with Gasteiger partial charge in [-0.05, 0) is 45.4 Å². The Bertz CT molecular complexity index is 504. The van der Waals surface area contributed by atoms with Gasteiger partial charge in [0.05, 0.1) is 24.5 Å². The molecule has 116 valence electrons. The molecule has 5 nitrogen and oxygen atoms in total. The summed E-state index contributed by atoms with van der Waals surface area (Å²) in [6.07, 6.45) is 3.56. The molecule has 21 heavy (non-hydrogen) atoms. The van der Waals surface area contributed by atoms with E-state index in [1.165, 1.54) is 6.42 Å². The number of likely N-dealkylation sites (tertiary alicyclic amines) is 1. The van der Waals surface area contributed by atoms with Crippen LogP contribution in [0.2, 0.25) is 0 Å². The van der Waals surface area contributed by atoms with Crippen LogP contribution < -0.4 is 15.8 Å². The molecule has 1 aliphatic heterocycles. The summed E-state index contributed by atoms with van der Waals surface area (Å²) in [7, 11) is 1.59. The summed E-state index contributed by atoms with van der Waals surface area (Å²) >= 11 is 0. The van der Waals surface area contributed by atoms with Crippen LogP contribution >= 0.6 is 0 Å². The van der Waals surface area contributed by atoms with Crippen LogP contribution in [0.3, 0.4) is 0 Å². The van der Waals surface area contributed by atoms with Gasteiger partial charge in [-0.2, -0.15) is 0 Å². The first-order chi connectivity index (χ1) is 10.0. The molecule has 1 heterocycles. The Hall–Kier alpha value is -1.75. The number of benzene rings is 1. The van der Waals surface area contributed by atoms with Crippen molar-refractivity contribution in [3.8, 4) is 5.75 Å². The van der Waals surface area contributed by atoms with Crippen molar-refractivity contribution in [1.82, 2.24) is 4.90 Å². The van der Waals surface area contributed by atoms with Gasteiger partial charge in [0.2, 0.25) is 5.91 Å². The Morgan fingerprint density at radius 2 is 2.24 bits per heavy atom. The number of anilines is 2. The average Bonchev–Trinajstić information content (AvgIpc) is 2.49. The average molecular weight is 291 g/mol. The number of carbonyl (C=O) groups excluding carboxylic acids is 1. The highest BCUT2D eigenvalue weighted by Gasteiger charge is 2.27. The monoisotopic (exact) mass is 291 g/mol. The fourth-order valence-corrected chi connectivity index (χ4v) is 2.87. The highest BCUT2D eigenvalue weighted by atomic mass is 16.5. The van der Waals surface area contributed by atoms with Crippen LogP contribution in [-0.2, 0) is 4.79 Å². The smallest absolute Gasteiger partial charge is 0.241 e. The van der Waals surface area contributed by atoms with Gasteiger partial charge in [0.25, 0.3) is 0 Å². The molecule has 1 aromatic carbocycles. The molecule has 2 atom stereocenters. The van der Waals surface area contributed by atoms with Crippen molar-refractivity contribution in [2.75, 3.05) is 24.7 Å². The van der Waals surface area contributed by atoms with Gasteiger partial charge in [-0.3, -0.25) is 9.69 Å². The number of rotatable bonds is 4. The van der Waals surface area contributed by atoms with Gasteiger partial charge in [-0.15, -0.1) is 0 Å². The van der Waals surface area contributed by atoms with Gasteiger partial charge in [0.1, 0.15) is 5.75 Å². The molecule has 5 heteroatoms. The largest absolute Gasteiger partial charge is 0.497 e. The molecule has 0 saturated carbocycles. The first kappa shape index (κ1) is 15.6. The van der Waals surface area contributed by atoms with E-state index in [9.17, 15) is 4.79 Å². The van der Waals surface area contributed by atoms with Crippen molar-refractivity contribution in [1.29, 1.82) is 0 Å². The topological polar surface area (TPSA) is 67.6 Å². The number of ether oxygens (including phenoxy) is 1. The number of nitrogens with two attached hydrogens (primary N) is 1. The first-order valence-corrected chi connectivity index (χ1v) is 7.53. The lowest BCUT2D eigenvalue weighted by molar-refractivity contribution is -0.122. The fourth-order valence-electron chi connectivity index (χ4n) is 2.87. The number of carbonyl (C=O) groups is 1. The predicted octanol–water partition coefficient (Wildman–Crippen LogP) is 2.48. The SMILES string of the molecule is COc1ccc(NC(=O)C(C)N2CCCCC2C)c(N)c1. The van der Waals surface area contributed by atoms with E-state index in [4.69, 9.17) is 10.5 Å². The first-order valence-electron chi connectivity index (χ1n) is 7.53. The molecule has 1 saturated heterocycles.